The lowest BCUT2D eigenvalue weighted by molar-refractivity contribution is -0.140. The van der Waals surface area contributed by atoms with Gasteiger partial charge in [-0.2, -0.15) is 0 Å². The zero-order valence-corrected chi connectivity index (χ0v) is 23.1. The molecule has 3 unspecified atom stereocenters. The molecule has 0 saturated heterocycles. The van der Waals surface area contributed by atoms with Gasteiger partial charge in [-0.1, -0.05) is 95.6 Å². The molecule has 0 heterocycles. The van der Waals surface area contributed by atoms with Crippen molar-refractivity contribution in [3.8, 4) is 0 Å². The molecule has 0 radical (unpaired) electrons. The Morgan fingerprint density at radius 1 is 1.11 bits per heavy atom. The van der Waals surface area contributed by atoms with Gasteiger partial charge in [-0.05, 0) is 36.4 Å². The molecule has 0 fully saturated rings. The summed E-state index contributed by atoms with van der Waals surface area (Å²) in [7, 11) is 3.53. The van der Waals surface area contributed by atoms with Crippen molar-refractivity contribution in [1.82, 2.24) is 15.5 Å². The van der Waals surface area contributed by atoms with Crippen LogP contribution in [0.15, 0.2) is 47.1 Å². The Kier molecular flexibility index (Phi) is 11.0. The third-order valence-corrected chi connectivity index (χ3v) is 6.51. The highest BCUT2D eigenvalue weighted by atomic mass is 16.2. The van der Waals surface area contributed by atoms with Crippen molar-refractivity contribution < 1.29 is 9.59 Å². The molecule has 35 heavy (non-hydrogen) atoms. The summed E-state index contributed by atoms with van der Waals surface area (Å²) in [5.41, 5.74) is 9.52. The Labute approximate surface area is 211 Å². The topological polar surface area (TPSA) is 110 Å². The van der Waals surface area contributed by atoms with Gasteiger partial charge in [0.25, 0.3) is 0 Å². The molecule has 0 saturated carbocycles. The van der Waals surface area contributed by atoms with Gasteiger partial charge >= 0.3 is 0 Å². The fourth-order valence-electron chi connectivity index (χ4n) is 4.32. The van der Waals surface area contributed by atoms with E-state index in [-0.39, 0.29) is 30.3 Å². The number of benzene rings is 1. The zero-order chi connectivity index (χ0) is 27.0. The molecule has 1 aromatic rings. The first kappa shape index (κ1) is 30.2. The molecular weight excluding hydrogens is 440 g/mol. The highest BCUT2D eigenvalue weighted by Gasteiger charge is 2.41. The smallest absolute Gasteiger partial charge is 0.245 e. The van der Waals surface area contributed by atoms with Crippen LogP contribution in [-0.2, 0) is 15.0 Å². The molecule has 2 amide bonds. The van der Waals surface area contributed by atoms with Crippen molar-refractivity contribution in [2.45, 2.75) is 78.9 Å². The highest BCUT2D eigenvalue weighted by molar-refractivity contribution is 5.91. The van der Waals surface area contributed by atoms with E-state index in [1.807, 2.05) is 91.8 Å². The number of hydrogen-bond donors (Lipinski definition) is 2. The Morgan fingerprint density at radius 3 is 2.14 bits per heavy atom. The minimum absolute atomic E-state index is 0.128. The van der Waals surface area contributed by atoms with E-state index >= 15 is 0 Å². The van der Waals surface area contributed by atoms with Crippen molar-refractivity contribution in [1.29, 1.82) is 0 Å². The summed E-state index contributed by atoms with van der Waals surface area (Å²) in [6.45, 7) is 16.1. The van der Waals surface area contributed by atoms with Crippen LogP contribution < -0.4 is 10.6 Å². The summed E-state index contributed by atoms with van der Waals surface area (Å²) in [5, 5.41) is 9.86. The Balaban J connectivity index is 3.26. The average Bonchev–Trinajstić information content (AvgIpc) is 2.78. The van der Waals surface area contributed by atoms with Gasteiger partial charge in [-0.3, -0.25) is 9.59 Å². The number of nitrogens with one attached hydrogen (secondary N) is 2. The number of carbonyl (C=O) groups excluding carboxylic acids is 2. The lowest BCUT2D eigenvalue weighted by atomic mass is 9.76. The molecule has 194 valence electrons. The third-order valence-electron chi connectivity index (χ3n) is 6.51. The first-order valence-corrected chi connectivity index (χ1v) is 12.2. The number of azide groups is 1. The van der Waals surface area contributed by atoms with Crippen LogP contribution in [0.5, 0.6) is 0 Å². The van der Waals surface area contributed by atoms with Gasteiger partial charge in [-0.25, -0.2) is 0 Å². The summed E-state index contributed by atoms with van der Waals surface area (Å²) in [6.07, 6.45) is 1.97. The summed E-state index contributed by atoms with van der Waals surface area (Å²) < 4.78 is 0. The van der Waals surface area contributed by atoms with Crippen LogP contribution in [-0.4, -0.2) is 55.5 Å². The largest absolute Gasteiger partial charge is 0.342 e. The lowest BCUT2D eigenvalue weighted by Gasteiger charge is -2.40. The summed E-state index contributed by atoms with van der Waals surface area (Å²) in [5.74, 6) is -0.257. The maximum atomic E-state index is 13.8. The highest BCUT2D eigenvalue weighted by Crippen LogP contribution is 2.29. The van der Waals surface area contributed by atoms with Crippen LogP contribution in [0.2, 0.25) is 0 Å². The van der Waals surface area contributed by atoms with E-state index in [0.717, 1.165) is 11.1 Å². The predicted molar refractivity (Wildman–Crippen MR) is 143 cm³/mol. The Hall–Kier alpha value is -2.83. The molecule has 0 aliphatic carbocycles. The summed E-state index contributed by atoms with van der Waals surface area (Å²) in [6, 6.07) is 8.41. The summed E-state index contributed by atoms with van der Waals surface area (Å²) >= 11 is 0. The first-order valence-electron chi connectivity index (χ1n) is 12.2. The number of rotatable bonds is 11. The van der Waals surface area contributed by atoms with Gasteiger partial charge in [0.15, 0.2) is 0 Å². The van der Waals surface area contributed by atoms with E-state index in [9.17, 15) is 9.59 Å². The van der Waals surface area contributed by atoms with Crippen LogP contribution >= 0.6 is 0 Å². The Bertz CT molecular complexity index is 927. The van der Waals surface area contributed by atoms with Gasteiger partial charge < -0.3 is 15.5 Å². The van der Waals surface area contributed by atoms with Crippen molar-refractivity contribution in [2.75, 3.05) is 20.6 Å². The second-order valence-electron chi connectivity index (χ2n) is 11.2. The molecule has 8 heteroatoms. The predicted octanol–water partition coefficient (Wildman–Crippen LogP) is 4.82. The normalized spacial score (nSPS) is 15.1. The average molecular weight is 485 g/mol. The van der Waals surface area contributed by atoms with Crippen LogP contribution in [0.3, 0.4) is 0 Å². The van der Waals surface area contributed by atoms with Crippen molar-refractivity contribution in [3.63, 3.8) is 0 Å². The van der Waals surface area contributed by atoms with Crippen LogP contribution in [0.1, 0.15) is 61.0 Å². The van der Waals surface area contributed by atoms with Crippen molar-refractivity contribution in [3.05, 3.63) is 58.0 Å². The first-order chi connectivity index (χ1) is 16.2. The SMILES string of the molecule is CNC(C(=O)NC(C(=O)N(C)C(/C=C(\C)CN=[N+]=[N-])C(C)C)C(C)(C)C)C(C)(C)c1ccccc1. The third kappa shape index (κ3) is 8.11. The van der Waals surface area contributed by atoms with Crippen LogP contribution in [0.4, 0.5) is 0 Å². The second-order valence-corrected chi connectivity index (χ2v) is 11.2. The minimum Gasteiger partial charge on any atom is -0.342 e. The quantitative estimate of drug-likeness (QED) is 0.203. The summed E-state index contributed by atoms with van der Waals surface area (Å²) in [4.78, 5) is 31.9. The van der Waals surface area contributed by atoms with E-state index in [1.54, 1.807) is 19.0 Å². The number of nitrogens with zero attached hydrogens (tertiary/aromatic N) is 4. The molecule has 0 aliphatic heterocycles. The van der Waals surface area contributed by atoms with Crippen molar-refractivity contribution >= 4 is 11.8 Å². The van der Waals surface area contributed by atoms with E-state index in [4.69, 9.17) is 5.53 Å². The molecule has 1 aromatic carbocycles. The molecule has 0 aliphatic rings. The Morgan fingerprint density at radius 2 is 1.69 bits per heavy atom. The zero-order valence-electron chi connectivity index (χ0n) is 23.1. The van der Waals surface area contributed by atoms with Crippen molar-refractivity contribution in [2.24, 2.45) is 16.4 Å². The van der Waals surface area contributed by atoms with Gasteiger partial charge in [0, 0.05) is 23.9 Å². The maximum Gasteiger partial charge on any atom is 0.245 e. The fraction of sp³-hybridized carbons (Fsp3) is 0.630. The molecule has 0 bridgehead atoms. The molecular formula is C27H44N6O2. The fourth-order valence-corrected chi connectivity index (χ4v) is 4.32. The standard InChI is InChI=1S/C27H44N6O2/c1-18(2)21(16-19(3)17-30-32-28)33(10)25(35)23(26(4,5)6)31-24(34)22(29-9)27(7,8)20-14-12-11-13-15-20/h11-16,18,21-23,29H,17H2,1-10H3,(H,31,34)/b19-16+. The number of likely N-dealkylation sites (N-methyl/N-ethyl adjacent to an activating group) is 2. The molecule has 3 atom stereocenters. The van der Waals surface area contributed by atoms with Gasteiger partial charge in [0.2, 0.25) is 11.8 Å². The maximum absolute atomic E-state index is 13.8. The van der Waals surface area contributed by atoms with Gasteiger partial charge in [0.1, 0.15) is 6.04 Å². The van der Waals surface area contributed by atoms with Gasteiger partial charge in [0.05, 0.1) is 12.1 Å². The van der Waals surface area contributed by atoms with Crippen LogP contribution in [0, 0.1) is 11.3 Å². The molecule has 8 nitrogen and oxygen atoms in total. The van der Waals surface area contributed by atoms with Gasteiger partial charge in [-0.15, -0.1) is 0 Å². The minimum atomic E-state index is -0.727. The monoisotopic (exact) mass is 484 g/mol. The second kappa shape index (κ2) is 12.8. The number of amides is 2. The van der Waals surface area contributed by atoms with E-state index in [0.29, 0.717) is 0 Å². The van der Waals surface area contributed by atoms with Crippen LogP contribution in [0.25, 0.3) is 10.4 Å². The molecule has 0 spiro atoms. The number of hydrogen-bond acceptors (Lipinski definition) is 4. The molecule has 0 aromatic heterocycles. The lowest BCUT2D eigenvalue weighted by Crippen LogP contribution is -2.61. The van der Waals surface area contributed by atoms with E-state index < -0.39 is 22.9 Å². The molecule has 2 N–H and O–H groups in total. The van der Waals surface area contributed by atoms with E-state index in [1.165, 1.54) is 0 Å². The van der Waals surface area contributed by atoms with E-state index in [2.05, 4.69) is 20.7 Å². The number of carbonyl (C=O) groups is 2. The molecule has 1 rings (SSSR count).